The summed E-state index contributed by atoms with van der Waals surface area (Å²) in [5.41, 5.74) is 13.8. The second-order valence-electron chi connectivity index (χ2n) is 10.2. The Bertz CT molecular complexity index is 1480. The molecule has 8 nitrogen and oxygen atoms in total. The molecule has 2 atom stereocenters. The van der Waals surface area contributed by atoms with E-state index in [0.29, 0.717) is 17.8 Å². The van der Waals surface area contributed by atoms with E-state index >= 15 is 0 Å². The molecule has 1 saturated heterocycles. The van der Waals surface area contributed by atoms with Crippen molar-refractivity contribution in [2.75, 3.05) is 24.1 Å². The van der Waals surface area contributed by atoms with Crippen molar-refractivity contribution >= 4 is 39.9 Å². The summed E-state index contributed by atoms with van der Waals surface area (Å²) in [5.74, 6) is 0.442. The minimum absolute atomic E-state index is 0.00434. The Kier molecular flexibility index (Phi) is 5.21. The van der Waals surface area contributed by atoms with Crippen LogP contribution in [0.25, 0.3) is 27.9 Å². The van der Waals surface area contributed by atoms with E-state index in [0.717, 1.165) is 71.5 Å². The van der Waals surface area contributed by atoms with Crippen molar-refractivity contribution in [1.29, 1.82) is 0 Å². The molecule has 36 heavy (non-hydrogen) atoms. The van der Waals surface area contributed by atoms with Crippen molar-refractivity contribution in [1.82, 2.24) is 19.4 Å². The fourth-order valence-corrected chi connectivity index (χ4v) is 6.14. The Labute approximate surface area is 209 Å². The number of nitrogens with two attached hydrogens (primary N) is 1. The second-order valence-corrected chi connectivity index (χ2v) is 10.2. The highest BCUT2D eigenvalue weighted by molar-refractivity contribution is 6.08. The number of nitrogen functional groups attached to an aromatic ring is 1. The number of hydrogen-bond donors (Lipinski definition) is 2. The van der Waals surface area contributed by atoms with Crippen molar-refractivity contribution in [3.63, 3.8) is 0 Å². The first kappa shape index (κ1) is 22.5. The number of benzene rings is 1. The molecule has 1 aromatic carbocycles. The maximum atomic E-state index is 13.4. The number of hydrogen-bond acceptors (Lipinski definition) is 5. The van der Waals surface area contributed by atoms with Gasteiger partial charge < -0.3 is 20.5 Å². The molecule has 6 rings (SSSR count). The lowest BCUT2D eigenvalue weighted by molar-refractivity contribution is -0.134. The molecule has 3 aromatic rings. The molecule has 0 saturated carbocycles. The molecule has 3 heterocycles. The van der Waals surface area contributed by atoms with Gasteiger partial charge in [0.1, 0.15) is 17.8 Å². The monoisotopic (exact) mass is 482 g/mol. The van der Waals surface area contributed by atoms with Crippen molar-refractivity contribution < 1.29 is 9.59 Å². The summed E-state index contributed by atoms with van der Waals surface area (Å²) in [6, 6.07) is 6.01. The second kappa shape index (κ2) is 8.33. The highest BCUT2D eigenvalue weighted by Gasteiger charge is 2.40. The third-order valence-electron chi connectivity index (χ3n) is 7.90. The van der Waals surface area contributed by atoms with Gasteiger partial charge in [-0.15, -0.1) is 0 Å². The number of rotatable bonds is 3. The van der Waals surface area contributed by atoms with Crippen LogP contribution in [0.15, 0.2) is 42.8 Å². The molecule has 2 aliphatic carbocycles. The molecular formula is C28H30N6O2. The van der Waals surface area contributed by atoms with Crippen LogP contribution in [-0.2, 0) is 16.6 Å². The summed E-state index contributed by atoms with van der Waals surface area (Å²) in [5, 5.41) is 3.82. The molecule has 2 amide bonds. The molecule has 3 N–H and O–H groups in total. The molecule has 0 spiro atoms. The van der Waals surface area contributed by atoms with Crippen molar-refractivity contribution in [2.45, 2.75) is 38.5 Å². The number of nitrogens with one attached hydrogen (secondary N) is 1. The number of anilines is 2. The zero-order chi connectivity index (χ0) is 25.1. The lowest BCUT2D eigenvalue weighted by atomic mass is 9.69. The Morgan fingerprint density at radius 2 is 1.97 bits per heavy atom. The van der Waals surface area contributed by atoms with E-state index < -0.39 is 0 Å². The molecule has 1 fully saturated rings. The van der Waals surface area contributed by atoms with Crippen LogP contribution in [0.3, 0.4) is 0 Å². The Morgan fingerprint density at radius 1 is 1.19 bits per heavy atom. The number of fused-ring (bicyclic) bond motifs is 8. The zero-order valence-electron chi connectivity index (χ0n) is 20.7. The van der Waals surface area contributed by atoms with Crippen LogP contribution < -0.4 is 11.1 Å². The Balaban J connectivity index is 1.53. The van der Waals surface area contributed by atoms with Gasteiger partial charge in [0.15, 0.2) is 0 Å². The van der Waals surface area contributed by atoms with Crippen LogP contribution in [0.5, 0.6) is 0 Å². The maximum Gasteiger partial charge on any atom is 0.250 e. The summed E-state index contributed by atoms with van der Waals surface area (Å²) in [4.78, 5) is 36.6. The predicted octanol–water partition coefficient (Wildman–Crippen LogP) is 4.25. The third kappa shape index (κ3) is 3.35. The summed E-state index contributed by atoms with van der Waals surface area (Å²) in [6.07, 6.45) is 7.30. The summed E-state index contributed by atoms with van der Waals surface area (Å²) in [6.45, 7) is 7.15. The summed E-state index contributed by atoms with van der Waals surface area (Å²) in [7, 11) is 2.00. The first-order valence-electron chi connectivity index (χ1n) is 12.5. The summed E-state index contributed by atoms with van der Waals surface area (Å²) >= 11 is 0. The van der Waals surface area contributed by atoms with E-state index in [4.69, 9.17) is 5.73 Å². The predicted molar refractivity (Wildman–Crippen MR) is 141 cm³/mol. The molecule has 0 unspecified atom stereocenters. The number of likely N-dealkylation sites (tertiary alicyclic amines) is 1. The normalized spacial score (nSPS) is 20.4. The van der Waals surface area contributed by atoms with E-state index in [2.05, 4.69) is 32.5 Å². The number of allylic oxidation sites excluding steroid dienone is 2. The number of amides is 2. The zero-order valence-corrected chi connectivity index (χ0v) is 20.7. The fourth-order valence-electron chi connectivity index (χ4n) is 6.14. The minimum Gasteiger partial charge on any atom is -0.383 e. The fraction of sp³-hybridized carbons (Fsp3) is 0.357. The van der Waals surface area contributed by atoms with Crippen LogP contribution in [0, 0.1) is 5.92 Å². The van der Waals surface area contributed by atoms with Crippen LogP contribution in [0.1, 0.15) is 49.7 Å². The van der Waals surface area contributed by atoms with Gasteiger partial charge in [-0.2, -0.15) is 0 Å². The maximum absolute atomic E-state index is 13.4. The number of nitrogens with zero attached hydrogens (tertiary/aromatic N) is 4. The summed E-state index contributed by atoms with van der Waals surface area (Å²) < 4.78 is 2.08. The Hall–Kier alpha value is -3.94. The van der Waals surface area contributed by atoms with Crippen LogP contribution in [-0.4, -0.2) is 44.3 Å². The topological polar surface area (TPSA) is 106 Å². The van der Waals surface area contributed by atoms with Gasteiger partial charge in [0.05, 0.1) is 11.1 Å². The van der Waals surface area contributed by atoms with E-state index in [-0.39, 0.29) is 23.7 Å². The van der Waals surface area contributed by atoms with Crippen LogP contribution in [0.2, 0.25) is 0 Å². The highest BCUT2D eigenvalue weighted by Crippen LogP contribution is 2.55. The van der Waals surface area contributed by atoms with E-state index in [1.54, 1.807) is 6.92 Å². The lowest BCUT2D eigenvalue weighted by Gasteiger charge is -2.36. The first-order chi connectivity index (χ1) is 17.3. The van der Waals surface area contributed by atoms with Gasteiger partial charge in [0.2, 0.25) is 5.91 Å². The van der Waals surface area contributed by atoms with Crippen molar-refractivity contribution in [3.05, 3.63) is 53.9 Å². The molecule has 8 heteroatoms. The van der Waals surface area contributed by atoms with Gasteiger partial charge in [-0.1, -0.05) is 18.7 Å². The molecular weight excluding hydrogens is 452 g/mol. The van der Waals surface area contributed by atoms with E-state index in [9.17, 15) is 9.59 Å². The van der Waals surface area contributed by atoms with Crippen LogP contribution >= 0.6 is 0 Å². The molecule has 3 aliphatic rings. The molecule has 0 bridgehead atoms. The third-order valence-corrected chi connectivity index (χ3v) is 7.90. The largest absolute Gasteiger partial charge is 0.383 e. The standard InChI is InChI=1S/C28H30N6O2/c1-15(2)27(35)32-17-7-9-19-21(13-17)20-12-16(28(36)34-10-4-5-11-34)6-8-18(20)22-23-25(29)30-14-31-26(23)33(3)24(19)22/h7-9,13-14,16,20H,1,4-6,10-12H2,2-3H3,(H,32,35)(H2,29,30,31)/t16-,20+/m1/s1. The van der Waals surface area contributed by atoms with Gasteiger partial charge in [-0.05, 0) is 55.9 Å². The SMILES string of the molecule is C=C(C)C(=O)Nc1ccc2c(c1)[C@H]1C[C@H](C(=O)N3CCCC3)CC=C1c1c-2n(C)c2ncnc(N)c12. The molecule has 0 radical (unpaired) electrons. The van der Waals surface area contributed by atoms with Crippen molar-refractivity contribution in [3.8, 4) is 11.3 Å². The highest BCUT2D eigenvalue weighted by atomic mass is 16.2. The molecule has 1 aliphatic heterocycles. The quantitative estimate of drug-likeness (QED) is 0.543. The van der Waals surface area contributed by atoms with E-state index in [1.807, 2.05) is 30.1 Å². The van der Waals surface area contributed by atoms with Crippen molar-refractivity contribution in [2.24, 2.45) is 13.0 Å². The number of aryl methyl sites for hydroxylation is 1. The molecule has 2 aromatic heterocycles. The average molecular weight is 483 g/mol. The van der Waals surface area contributed by atoms with Gasteiger partial charge >= 0.3 is 0 Å². The lowest BCUT2D eigenvalue weighted by Crippen LogP contribution is -2.36. The number of carbonyl (C=O) groups is 2. The number of carbonyl (C=O) groups excluding carboxylic acids is 2. The number of aromatic nitrogens is 3. The van der Waals surface area contributed by atoms with Gasteiger partial charge in [-0.25, -0.2) is 9.97 Å². The van der Waals surface area contributed by atoms with Gasteiger partial charge in [0.25, 0.3) is 5.91 Å². The smallest absolute Gasteiger partial charge is 0.250 e. The van der Waals surface area contributed by atoms with Gasteiger partial charge in [0, 0.05) is 54.4 Å². The minimum atomic E-state index is -0.208. The van der Waals surface area contributed by atoms with E-state index in [1.165, 1.54) is 11.9 Å². The Morgan fingerprint density at radius 3 is 2.72 bits per heavy atom. The first-order valence-corrected chi connectivity index (χ1v) is 12.5. The van der Waals surface area contributed by atoms with Crippen LogP contribution in [0.4, 0.5) is 11.5 Å². The molecule has 184 valence electrons. The van der Waals surface area contributed by atoms with Gasteiger partial charge in [-0.3, -0.25) is 9.59 Å². The average Bonchev–Trinajstić information content (AvgIpc) is 3.51.